The Hall–Kier alpha value is -1.07. The maximum absolute atomic E-state index is 13.5. The third kappa shape index (κ3) is 1.73. The molecule has 3 rings (SSSR count). The molecule has 2 atom stereocenters. The van der Waals surface area contributed by atoms with Gasteiger partial charge in [-0.3, -0.25) is 0 Å². The van der Waals surface area contributed by atoms with Crippen LogP contribution < -0.4 is 5.32 Å². The zero-order chi connectivity index (χ0) is 12.0. The van der Waals surface area contributed by atoms with Gasteiger partial charge < -0.3 is 10.1 Å². The molecule has 1 N–H and O–H groups in total. The van der Waals surface area contributed by atoms with Crippen molar-refractivity contribution in [1.82, 2.24) is 5.32 Å². The molecule has 1 aliphatic heterocycles. The molecular weight excluding hydrogens is 231 g/mol. The van der Waals surface area contributed by atoms with Gasteiger partial charge in [-0.1, -0.05) is 0 Å². The Labute approximate surface area is 96.8 Å². The lowest BCUT2D eigenvalue weighted by Gasteiger charge is -2.27. The fourth-order valence-electron chi connectivity index (χ4n) is 2.64. The van der Waals surface area contributed by atoms with Gasteiger partial charge in [0.2, 0.25) is 0 Å². The minimum Gasteiger partial charge on any atom is -0.375 e. The predicted octanol–water partition coefficient (Wildman–Crippen LogP) is 2.35. The zero-order valence-corrected chi connectivity index (χ0v) is 9.05. The fourth-order valence-corrected chi connectivity index (χ4v) is 2.64. The molecule has 1 aromatic rings. The summed E-state index contributed by atoms with van der Waals surface area (Å²) in [5, 5.41) is 3.23. The number of fused-ring (bicyclic) bond motifs is 3. The monoisotopic (exact) mass is 243 g/mol. The maximum atomic E-state index is 13.5. The Balaban J connectivity index is 2.02. The first-order valence-corrected chi connectivity index (χ1v) is 5.62. The predicted molar refractivity (Wildman–Crippen MR) is 55.5 cm³/mol. The van der Waals surface area contributed by atoms with Gasteiger partial charge in [-0.05, 0) is 23.3 Å². The van der Waals surface area contributed by atoms with Crippen LogP contribution in [0.2, 0.25) is 0 Å². The second-order valence-electron chi connectivity index (χ2n) is 4.42. The standard InChI is InChI=1S/C12H12F3NO/c13-9-5-7-6(3-8(9)12(14)15)4-10-11(7)16-1-2-17-10/h3,5,10-12,16H,1-2,4H2/t10-,11+/m1/s1. The van der Waals surface area contributed by atoms with E-state index in [4.69, 9.17) is 4.74 Å². The SMILES string of the molecule is Fc1cc2c(cc1C(F)F)C[C@H]1OCCN[C@@H]21. The van der Waals surface area contributed by atoms with E-state index in [9.17, 15) is 13.2 Å². The van der Waals surface area contributed by atoms with Crippen molar-refractivity contribution in [3.05, 3.63) is 34.6 Å². The quantitative estimate of drug-likeness (QED) is 0.817. The minimum atomic E-state index is -2.77. The largest absolute Gasteiger partial charge is 0.375 e. The van der Waals surface area contributed by atoms with Gasteiger partial charge in [-0.25, -0.2) is 13.2 Å². The van der Waals surface area contributed by atoms with Crippen LogP contribution in [0.25, 0.3) is 0 Å². The Morgan fingerprint density at radius 3 is 2.94 bits per heavy atom. The highest BCUT2D eigenvalue weighted by Gasteiger charge is 2.36. The Kier molecular flexibility index (Phi) is 2.60. The first kappa shape index (κ1) is 11.0. The van der Waals surface area contributed by atoms with E-state index >= 15 is 0 Å². The molecule has 2 aliphatic rings. The van der Waals surface area contributed by atoms with Crippen molar-refractivity contribution in [2.24, 2.45) is 0 Å². The van der Waals surface area contributed by atoms with Gasteiger partial charge in [0, 0.05) is 13.0 Å². The van der Waals surface area contributed by atoms with E-state index in [1.807, 2.05) is 0 Å². The summed E-state index contributed by atoms with van der Waals surface area (Å²) in [6, 6.07) is 2.45. The zero-order valence-electron chi connectivity index (χ0n) is 9.05. The van der Waals surface area contributed by atoms with E-state index < -0.39 is 17.8 Å². The van der Waals surface area contributed by atoms with Crippen molar-refractivity contribution in [3.63, 3.8) is 0 Å². The van der Waals surface area contributed by atoms with Crippen LogP contribution >= 0.6 is 0 Å². The molecule has 0 amide bonds. The van der Waals surface area contributed by atoms with Crippen LogP contribution in [0.1, 0.15) is 29.2 Å². The van der Waals surface area contributed by atoms with Crippen molar-refractivity contribution < 1.29 is 17.9 Å². The van der Waals surface area contributed by atoms with Crippen molar-refractivity contribution >= 4 is 0 Å². The molecule has 1 aliphatic carbocycles. The van der Waals surface area contributed by atoms with E-state index in [0.29, 0.717) is 19.6 Å². The molecule has 0 spiro atoms. The van der Waals surface area contributed by atoms with E-state index in [1.54, 1.807) is 0 Å². The number of rotatable bonds is 1. The summed E-state index contributed by atoms with van der Waals surface area (Å²) < 4.78 is 44.2. The molecule has 0 unspecified atom stereocenters. The number of hydrogen-bond acceptors (Lipinski definition) is 2. The summed E-state index contributed by atoms with van der Waals surface area (Å²) in [6.07, 6.45) is -2.24. The molecule has 0 bridgehead atoms. The summed E-state index contributed by atoms with van der Waals surface area (Å²) in [6.45, 7) is 1.32. The van der Waals surface area contributed by atoms with Crippen molar-refractivity contribution in [1.29, 1.82) is 0 Å². The number of halogens is 3. The molecular formula is C12H12F3NO. The number of nitrogens with one attached hydrogen (secondary N) is 1. The Bertz CT molecular complexity index is 450. The first-order chi connectivity index (χ1) is 8.16. The summed E-state index contributed by atoms with van der Waals surface area (Å²) >= 11 is 0. The number of ether oxygens (including phenoxy) is 1. The number of morpholine rings is 1. The smallest absolute Gasteiger partial charge is 0.266 e. The molecule has 1 heterocycles. The van der Waals surface area contributed by atoms with Gasteiger partial charge in [0.1, 0.15) is 5.82 Å². The van der Waals surface area contributed by atoms with Crippen molar-refractivity contribution in [2.75, 3.05) is 13.2 Å². The lowest BCUT2D eigenvalue weighted by Crippen LogP contribution is -2.39. The highest BCUT2D eigenvalue weighted by molar-refractivity contribution is 5.41. The van der Waals surface area contributed by atoms with Crippen LogP contribution in [0.4, 0.5) is 13.2 Å². The van der Waals surface area contributed by atoms with Crippen LogP contribution in [0.15, 0.2) is 12.1 Å². The van der Waals surface area contributed by atoms with Crippen molar-refractivity contribution in [2.45, 2.75) is 25.0 Å². The van der Waals surface area contributed by atoms with Gasteiger partial charge >= 0.3 is 0 Å². The van der Waals surface area contributed by atoms with Gasteiger partial charge in [0.05, 0.1) is 24.3 Å². The summed E-state index contributed by atoms with van der Waals surface area (Å²) in [4.78, 5) is 0. The first-order valence-electron chi connectivity index (χ1n) is 5.62. The summed E-state index contributed by atoms with van der Waals surface area (Å²) in [5.74, 6) is -0.827. The molecule has 1 saturated heterocycles. The normalized spacial score (nSPS) is 27.1. The van der Waals surface area contributed by atoms with Crippen LogP contribution in [0.3, 0.4) is 0 Å². The average Bonchev–Trinajstić information content (AvgIpc) is 2.65. The molecule has 0 aromatic heterocycles. The second kappa shape index (κ2) is 3.99. The molecule has 92 valence electrons. The van der Waals surface area contributed by atoms with Gasteiger partial charge in [-0.15, -0.1) is 0 Å². The highest BCUT2D eigenvalue weighted by atomic mass is 19.3. The van der Waals surface area contributed by atoms with E-state index in [0.717, 1.165) is 11.1 Å². The van der Waals surface area contributed by atoms with Crippen LogP contribution in [0.5, 0.6) is 0 Å². The molecule has 2 nitrogen and oxygen atoms in total. The molecule has 1 fully saturated rings. The molecule has 5 heteroatoms. The van der Waals surface area contributed by atoms with E-state index in [2.05, 4.69) is 5.32 Å². The lowest BCUT2D eigenvalue weighted by atomic mass is 10.0. The van der Waals surface area contributed by atoms with Crippen LogP contribution in [-0.2, 0) is 11.2 Å². The Morgan fingerprint density at radius 1 is 1.35 bits per heavy atom. The topological polar surface area (TPSA) is 21.3 Å². The van der Waals surface area contributed by atoms with Crippen LogP contribution in [0, 0.1) is 5.82 Å². The van der Waals surface area contributed by atoms with Gasteiger partial charge in [0.25, 0.3) is 6.43 Å². The molecule has 1 aromatic carbocycles. The molecule has 17 heavy (non-hydrogen) atoms. The number of alkyl halides is 2. The summed E-state index contributed by atoms with van der Waals surface area (Å²) in [5.41, 5.74) is 1.02. The second-order valence-corrected chi connectivity index (χ2v) is 4.42. The Morgan fingerprint density at radius 2 is 2.18 bits per heavy atom. The third-order valence-electron chi connectivity index (χ3n) is 3.42. The van der Waals surface area contributed by atoms with E-state index in [1.165, 1.54) is 12.1 Å². The minimum absolute atomic E-state index is 0.0499. The lowest BCUT2D eigenvalue weighted by molar-refractivity contribution is 0.00500. The highest BCUT2D eigenvalue weighted by Crippen LogP contribution is 2.37. The van der Waals surface area contributed by atoms with Crippen molar-refractivity contribution in [3.8, 4) is 0 Å². The fraction of sp³-hybridized carbons (Fsp3) is 0.500. The van der Waals surface area contributed by atoms with Crippen LogP contribution in [-0.4, -0.2) is 19.3 Å². The molecule has 0 radical (unpaired) electrons. The van der Waals surface area contributed by atoms with Gasteiger partial charge in [0.15, 0.2) is 0 Å². The maximum Gasteiger partial charge on any atom is 0.266 e. The van der Waals surface area contributed by atoms with E-state index in [-0.39, 0.29) is 12.1 Å². The van der Waals surface area contributed by atoms with Gasteiger partial charge in [-0.2, -0.15) is 0 Å². The number of hydrogen-bond donors (Lipinski definition) is 1. The number of benzene rings is 1. The third-order valence-corrected chi connectivity index (χ3v) is 3.42. The summed E-state index contributed by atoms with van der Waals surface area (Å²) in [7, 11) is 0. The molecule has 0 saturated carbocycles. The average molecular weight is 243 g/mol.